The van der Waals surface area contributed by atoms with Gasteiger partial charge < -0.3 is 9.47 Å². The lowest BCUT2D eigenvalue weighted by Gasteiger charge is -2.25. The Balaban J connectivity index is 2.13. The largest absolute Gasteiger partial charge is 0.353 e. The van der Waals surface area contributed by atoms with Gasteiger partial charge in [0.05, 0.1) is 13.2 Å². The second kappa shape index (κ2) is 4.73. The maximum Gasteiger partial charge on any atom is 0.157 e. The Labute approximate surface area is 68.9 Å². The predicted molar refractivity (Wildman–Crippen MR) is 44.1 cm³/mol. The standard InChI is InChI=1S/C9H17O2/c1-3-8(2)7-9-10-5-4-6-11-9/h8-9H,1,3-7H2,2H3. The van der Waals surface area contributed by atoms with Gasteiger partial charge in [0.25, 0.3) is 0 Å². The van der Waals surface area contributed by atoms with Crippen molar-refractivity contribution in [2.75, 3.05) is 13.2 Å². The van der Waals surface area contributed by atoms with Crippen LogP contribution in [-0.2, 0) is 9.47 Å². The maximum absolute atomic E-state index is 5.40. The zero-order chi connectivity index (χ0) is 8.10. The first-order valence-electron chi connectivity index (χ1n) is 4.35. The Hall–Kier alpha value is -0.0800. The molecule has 1 atom stereocenters. The zero-order valence-corrected chi connectivity index (χ0v) is 7.21. The Morgan fingerprint density at radius 2 is 2.09 bits per heavy atom. The Kier molecular flexibility index (Phi) is 3.87. The Bertz CT molecular complexity index is 97.7. The molecule has 0 bridgehead atoms. The number of rotatable bonds is 3. The van der Waals surface area contributed by atoms with Gasteiger partial charge in [-0.3, -0.25) is 0 Å². The van der Waals surface area contributed by atoms with Crippen LogP contribution in [0.1, 0.15) is 26.2 Å². The minimum atomic E-state index is 0.0421. The van der Waals surface area contributed by atoms with Crippen molar-refractivity contribution >= 4 is 0 Å². The average molecular weight is 157 g/mol. The van der Waals surface area contributed by atoms with Crippen molar-refractivity contribution < 1.29 is 9.47 Å². The van der Waals surface area contributed by atoms with E-state index in [4.69, 9.17) is 9.47 Å². The summed E-state index contributed by atoms with van der Waals surface area (Å²) in [6.45, 7) is 7.73. The van der Waals surface area contributed by atoms with E-state index in [1.807, 2.05) is 0 Å². The first kappa shape index (κ1) is 9.01. The van der Waals surface area contributed by atoms with Crippen molar-refractivity contribution in [1.82, 2.24) is 0 Å². The van der Waals surface area contributed by atoms with Gasteiger partial charge >= 0.3 is 0 Å². The first-order valence-corrected chi connectivity index (χ1v) is 4.35. The van der Waals surface area contributed by atoms with E-state index >= 15 is 0 Å². The molecule has 1 unspecified atom stereocenters. The summed E-state index contributed by atoms with van der Waals surface area (Å²) >= 11 is 0. The van der Waals surface area contributed by atoms with E-state index in [1.54, 1.807) is 0 Å². The lowest BCUT2D eigenvalue weighted by molar-refractivity contribution is -0.185. The molecule has 0 aromatic heterocycles. The third-order valence-electron chi connectivity index (χ3n) is 1.98. The normalized spacial score (nSPS) is 23.5. The van der Waals surface area contributed by atoms with Crippen molar-refractivity contribution in [1.29, 1.82) is 0 Å². The van der Waals surface area contributed by atoms with Crippen LogP contribution in [-0.4, -0.2) is 19.5 Å². The fourth-order valence-electron chi connectivity index (χ4n) is 1.12. The molecule has 0 aromatic rings. The fourth-order valence-corrected chi connectivity index (χ4v) is 1.12. The molecule has 1 heterocycles. The summed E-state index contributed by atoms with van der Waals surface area (Å²) in [5.74, 6) is 0.609. The minimum Gasteiger partial charge on any atom is -0.353 e. The second-order valence-electron chi connectivity index (χ2n) is 3.15. The molecule has 0 aliphatic carbocycles. The van der Waals surface area contributed by atoms with Crippen LogP contribution in [0.5, 0.6) is 0 Å². The molecule has 1 rings (SSSR count). The van der Waals surface area contributed by atoms with Crippen LogP contribution < -0.4 is 0 Å². The number of hydrogen-bond acceptors (Lipinski definition) is 2. The van der Waals surface area contributed by atoms with E-state index in [0.717, 1.165) is 32.5 Å². The fraction of sp³-hybridized carbons (Fsp3) is 0.889. The van der Waals surface area contributed by atoms with Gasteiger partial charge in [-0.2, -0.15) is 0 Å². The van der Waals surface area contributed by atoms with Crippen molar-refractivity contribution in [3.05, 3.63) is 6.92 Å². The van der Waals surface area contributed by atoms with Crippen LogP contribution in [0.3, 0.4) is 0 Å². The van der Waals surface area contributed by atoms with E-state index in [2.05, 4.69) is 13.8 Å². The maximum atomic E-state index is 5.40. The molecule has 1 saturated heterocycles. The van der Waals surface area contributed by atoms with Gasteiger partial charge in [-0.05, 0) is 12.3 Å². The summed E-state index contributed by atoms with van der Waals surface area (Å²) in [7, 11) is 0. The van der Waals surface area contributed by atoms with Gasteiger partial charge in [0.1, 0.15) is 0 Å². The van der Waals surface area contributed by atoms with Crippen LogP contribution in [0.2, 0.25) is 0 Å². The molecule has 65 valence electrons. The molecule has 2 heteroatoms. The minimum absolute atomic E-state index is 0.0421. The summed E-state index contributed by atoms with van der Waals surface area (Å²) < 4.78 is 10.8. The predicted octanol–water partition coefficient (Wildman–Crippen LogP) is 2.00. The molecule has 0 aromatic carbocycles. The lowest BCUT2D eigenvalue weighted by atomic mass is 10.1. The van der Waals surface area contributed by atoms with Gasteiger partial charge in [-0.15, -0.1) is 0 Å². The molecule has 1 fully saturated rings. The highest BCUT2D eigenvalue weighted by Gasteiger charge is 2.16. The quantitative estimate of drug-likeness (QED) is 0.623. The smallest absolute Gasteiger partial charge is 0.157 e. The van der Waals surface area contributed by atoms with Crippen molar-refractivity contribution in [3.8, 4) is 0 Å². The molecule has 0 N–H and O–H groups in total. The van der Waals surface area contributed by atoms with E-state index in [1.165, 1.54) is 0 Å². The molecule has 1 aliphatic rings. The molecule has 1 aliphatic heterocycles. The SMILES string of the molecule is [CH2]CC(C)CC1OCCCO1. The summed E-state index contributed by atoms with van der Waals surface area (Å²) in [5.41, 5.74) is 0. The first-order chi connectivity index (χ1) is 5.33. The monoisotopic (exact) mass is 157 g/mol. The van der Waals surface area contributed by atoms with E-state index in [-0.39, 0.29) is 6.29 Å². The third-order valence-corrected chi connectivity index (χ3v) is 1.98. The number of hydrogen-bond donors (Lipinski definition) is 0. The van der Waals surface area contributed by atoms with Crippen molar-refractivity contribution in [2.45, 2.75) is 32.5 Å². The highest BCUT2D eigenvalue weighted by Crippen LogP contribution is 2.16. The van der Waals surface area contributed by atoms with Crippen LogP contribution in [0.15, 0.2) is 0 Å². The molecule has 0 saturated carbocycles. The Morgan fingerprint density at radius 1 is 1.45 bits per heavy atom. The van der Waals surface area contributed by atoms with E-state index in [9.17, 15) is 0 Å². The van der Waals surface area contributed by atoms with Gasteiger partial charge in [0.2, 0.25) is 0 Å². The third kappa shape index (κ3) is 3.21. The van der Waals surface area contributed by atoms with Crippen molar-refractivity contribution in [2.24, 2.45) is 5.92 Å². The van der Waals surface area contributed by atoms with E-state index in [0.29, 0.717) is 5.92 Å². The van der Waals surface area contributed by atoms with Crippen LogP contribution in [0.25, 0.3) is 0 Å². The van der Waals surface area contributed by atoms with Gasteiger partial charge in [-0.25, -0.2) is 0 Å². The molecule has 0 amide bonds. The lowest BCUT2D eigenvalue weighted by Crippen LogP contribution is -2.26. The van der Waals surface area contributed by atoms with Crippen molar-refractivity contribution in [3.63, 3.8) is 0 Å². The summed E-state index contributed by atoms with van der Waals surface area (Å²) in [6.07, 6.45) is 3.03. The molecular formula is C9H17O2. The van der Waals surface area contributed by atoms with Gasteiger partial charge in [0.15, 0.2) is 6.29 Å². The van der Waals surface area contributed by atoms with Gasteiger partial charge in [-0.1, -0.05) is 20.3 Å². The number of ether oxygens (including phenoxy) is 2. The molecular weight excluding hydrogens is 140 g/mol. The summed E-state index contributed by atoms with van der Waals surface area (Å²) in [4.78, 5) is 0. The van der Waals surface area contributed by atoms with Crippen LogP contribution in [0, 0.1) is 12.8 Å². The highest BCUT2D eigenvalue weighted by molar-refractivity contribution is 4.59. The summed E-state index contributed by atoms with van der Waals surface area (Å²) in [5, 5.41) is 0. The van der Waals surface area contributed by atoms with Crippen LogP contribution >= 0.6 is 0 Å². The Morgan fingerprint density at radius 3 is 2.64 bits per heavy atom. The average Bonchev–Trinajstić information content (AvgIpc) is 2.06. The molecule has 1 radical (unpaired) electrons. The molecule has 2 nitrogen and oxygen atoms in total. The van der Waals surface area contributed by atoms with E-state index < -0.39 is 0 Å². The molecule has 11 heavy (non-hydrogen) atoms. The van der Waals surface area contributed by atoms with Gasteiger partial charge in [0, 0.05) is 6.42 Å². The molecule has 0 spiro atoms. The summed E-state index contributed by atoms with van der Waals surface area (Å²) in [6, 6.07) is 0. The highest BCUT2D eigenvalue weighted by atomic mass is 16.7. The zero-order valence-electron chi connectivity index (χ0n) is 7.21. The topological polar surface area (TPSA) is 18.5 Å². The van der Waals surface area contributed by atoms with Crippen LogP contribution in [0.4, 0.5) is 0 Å². The second-order valence-corrected chi connectivity index (χ2v) is 3.15.